The van der Waals surface area contributed by atoms with Crippen LogP contribution in [0, 0.1) is 0 Å². The van der Waals surface area contributed by atoms with Gasteiger partial charge in [0.05, 0.1) is 0 Å². The molecule has 1 aromatic carbocycles. The molecule has 0 aromatic heterocycles. The van der Waals surface area contributed by atoms with E-state index in [4.69, 9.17) is 16.7 Å². The van der Waals surface area contributed by atoms with E-state index in [0.29, 0.717) is 4.90 Å². The van der Waals surface area contributed by atoms with Crippen molar-refractivity contribution in [2.45, 2.75) is 4.90 Å². The third kappa shape index (κ3) is 2.99. The molecule has 0 amide bonds. The number of rotatable bonds is 1. The molecular weight excluding hydrogens is 207 g/mol. The molecule has 0 bridgehead atoms. The van der Waals surface area contributed by atoms with Crippen molar-refractivity contribution in [1.82, 2.24) is 0 Å². The maximum Gasteiger partial charge on any atom is 1.00 e. The van der Waals surface area contributed by atoms with E-state index in [1.54, 1.807) is 0 Å². The average molecular weight is 213 g/mol. The molecule has 0 atom stereocenters. The minimum Gasteiger partial charge on any atom is -1.00 e. The second-order valence-electron chi connectivity index (χ2n) is 1.98. The molecular formula is C7H6ClNaO2S. The fraction of sp³-hybridized carbons (Fsp3) is 0. The molecule has 0 fully saturated rings. The van der Waals surface area contributed by atoms with Crippen LogP contribution in [-0.4, -0.2) is 10.3 Å². The van der Waals surface area contributed by atoms with Gasteiger partial charge < -0.3 is 6.53 Å². The van der Waals surface area contributed by atoms with Crippen molar-refractivity contribution in [2.75, 3.05) is 0 Å². The molecule has 0 aliphatic carbocycles. The standard InChI is InChI=1S/C7H5ClO2S.Na.H/c8-7(10)4-1-2-6(11)5(9)3-4;;/h1-3,9,11H;;/q;+1;-1. The van der Waals surface area contributed by atoms with E-state index in [1.807, 2.05) is 0 Å². The Hall–Kier alpha value is 0.330. The number of aromatic hydroxyl groups is 1. The zero-order valence-electron chi connectivity index (χ0n) is 7.41. The second kappa shape index (κ2) is 5.14. The van der Waals surface area contributed by atoms with Gasteiger partial charge in [-0.25, -0.2) is 0 Å². The molecule has 12 heavy (non-hydrogen) atoms. The third-order valence-electron chi connectivity index (χ3n) is 1.20. The van der Waals surface area contributed by atoms with Gasteiger partial charge in [-0.05, 0) is 29.8 Å². The van der Waals surface area contributed by atoms with E-state index >= 15 is 0 Å². The molecule has 1 N–H and O–H groups in total. The van der Waals surface area contributed by atoms with Crippen molar-refractivity contribution in [3.8, 4) is 5.75 Å². The maximum absolute atomic E-state index is 10.5. The number of carbonyl (C=O) groups is 1. The van der Waals surface area contributed by atoms with Crippen molar-refractivity contribution in [3.05, 3.63) is 23.8 Å². The van der Waals surface area contributed by atoms with Gasteiger partial charge in [0.25, 0.3) is 5.24 Å². The molecule has 5 heteroatoms. The average Bonchev–Trinajstić information content (AvgIpc) is 1.94. The summed E-state index contributed by atoms with van der Waals surface area (Å²) in [5, 5.41) is 8.47. The van der Waals surface area contributed by atoms with Gasteiger partial charge in [-0.15, -0.1) is 12.6 Å². The Balaban J connectivity index is 0. The topological polar surface area (TPSA) is 37.3 Å². The maximum atomic E-state index is 10.5. The summed E-state index contributed by atoms with van der Waals surface area (Å²) in [6.45, 7) is 0. The zero-order chi connectivity index (χ0) is 8.43. The number of hydrogen-bond acceptors (Lipinski definition) is 3. The van der Waals surface area contributed by atoms with Gasteiger partial charge in [0, 0.05) is 10.5 Å². The zero-order valence-corrected chi connectivity index (χ0v) is 10.1. The normalized spacial score (nSPS) is 8.83. The van der Waals surface area contributed by atoms with Gasteiger partial charge in [0.15, 0.2) is 0 Å². The molecule has 0 aliphatic heterocycles. The van der Waals surface area contributed by atoms with Gasteiger partial charge in [0.2, 0.25) is 0 Å². The number of carbonyl (C=O) groups excluding carboxylic acids is 1. The Bertz CT molecular complexity index is 309. The Labute approximate surface area is 104 Å². The molecule has 0 saturated carbocycles. The van der Waals surface area contributed by atoms with Crippen molar-refractivity contribution >= 4 is 29.5 Å². The van der Waals surface area contributed by atoms with Crippen LogP contribution in [-0.2, 0) is 0 Å². The largest absolute Gasteiger partial charge is 1.00 e. The molecule has 60 valence electrons. The summed E-state index contributed by atoms with van der Waals surface area (Å²) in [7, 11) is 0. The summed E-state index contributed by atoms with van der Waals surface area (Å²) < 4.78 is 0. The Morgan fingerprint density at radius 1 is 1.58 bits per heavy atom. The smallest absolute Gasteiger partial charge is 1.00 e. The van der Waals surface area contributed by atoms with E-state index in [9.17, 15) is 4.79 Å². The van der Waals surface area contributed by atoms with Crippen LogP contribution in [0.4, 0.5) is 0 Å². The fourth-order valence-corrected chi connectivity index (χ4v) is 0.902. The summed E-state index contributed by atoms with van der Waals surface area (Å²) in [5.41, 5.74) is 0.266. The summed E-state index contributed by atoms with van der Waals surface area (Å²) in [6, 6.07) is 4.28. The van der Waals surface area contributed by atoms with E-state index < -0.39 is 5.24 Å². The molecule has 1 rings (SSSR count). The predicted molar refractivity (Wildman–Crippen MR) is 46.7 cm³/mol. The minimum absolute atomic E-state index is 0. The molecule has 1 aromatic rings. The van der Waals surface area contributed by atoms with Crippen LogP contribution in [0.3, 0.4) is 0 Å². The molecule has 0 radical (unpaired) electrons. The van der Waals surface area contributed by atoms with E-state index in [-0.39, 0.29) is 42.3 Å². The van der Waals surface area contributed by atoms with Crippen LogP contribution < -0.4 is 29.6 Å². The second-order valence-corrected chi connectivity index (χ2v) is 2.80. The first-order chi connectivity index (χ1) is 5.11. The van der Waals surface area contributed by atoms with E-state index in [0.717, 1.165) is 0 Å². The number of phenolic OH excluding ortho intramolecular Hbond substituents is 1. The minimum atomic E-state index is -0.589. The first-order valence-corrected chi connectivity index (χ1v) is 3.65. The van der Waals surface area contributed by atoms with Gasteiger partial charge >= 0.3 is 29.6 Å². The number of benzene rings is 1. The van der Waals surface area contributed by atoms with Crippen molar-refractivity contribution < 1.29 is 40.9 Å². The van der Waals surface area contributed by atoms with E-state index in [1.165, 1.54) is 18.2 Å². The Kier molecular flexibility index (Phi) is 5.29. The number of hydrogen-bond donors (Lipinski definition) is 2. The molecule has 0 saturated heterocycles. The SMILES string of the molecule is O=C(Cl)c1ccc(S)c(O)c1.[H-].[Na+]. The summed E-state index contributed by atoms with van der Waals surface area (Å²) in [5.74, 6) is -0.0418. The van der Waals surface area contributed by atoms with Gasteiger partial charge in [-0.1, -0.05) is 0 Å². The Morgan fingerprint density at radius 3 is 2.58 bits per heavy atom. The van der Waals surface area contributed by atoms with Crippen LogP contribution in [0.25, 0.3) is 0 Å². The summed E-state index contributed by atoms with van der Waals surface area (Å²) >= 11 is 9.06. The first kappa shape index (κ1) is 12.3. The van der Waals surface area contributed by atoms with E-state index in [2.05, 4.69) is 12.6 Å². The molecule has 0 heterocycles. The van der Waals surface area contributed by atoms with Crippen molar-refractivity contribution in [1.29, 1.82) is 0 Å². The van der Waals surface area contributed by atoms with Gasteiger partial charge in [-0.3, -0.25) is 4.79 Å². The number of thiol groups is 1. The number of phenols is 1. The van der Waals surface area contributed by atoms with Gasteiger partial charge in [0.1, 0.15) is 5.75 Å². The third-order valence-corrected chi connectivity index (χ3v) is 1.80. The van der Waals surface area contributed by atoms with Crippen LogP contribution in [0.5, 0.6) is 5.75 Å². The Morgan fingerprint density at radius 2 is 2.17 bits per heavy atom. The quantitative estimate of drug-likeness (QED) is 0.363. The van der Waals surface area contributed by atoms with Crippen LogP contribution in [0.15, 0.2) is 23.1 Å². The molecule has 0 aliphatic rings. The molecule has 0 spiro atoms. The summed E-state index contributed by atoms with van der Waals surface area (Å²) in [4.78, 5) is 11.0. The number of halogens is 1. The first-order valence-electron chi connectivity index (χ1n) is 2.83. The fourth-order valence-electron chi connectivity index (χ4n) is 0.646. The predicted octanol–water partition coefficient (Wildman–Crippen LogP) is -0.824. The van der Waals surface area contributed by atoms with Crippen molar-refractivity contribution in [3.63, 3.8) is 0 Å². The summed E-state index contributed by atoms with van der Waals surface area (Å²) in [6.07, 6.45) is 0. The monoisotopic (exact) mass is 212 g/mol. The van der Waals surface area contributed by atoms with Crippen LogP contribution in [0.1, 0.15) is 11.8 Å². The molecule has 0 unspecified atom stereocenters. The van der Waals surface area contributed by atoms with Crippen LogP contribution >= 0.6 is 24.2 Å². The van der Waals surface area contributed by atoms with Crippen molar-refractivity contribution in [2.24, 2.45) is 0 Å². The van der Waals surface area contributed by atoms with Gasteiger partial charge in [-0.2, -0.15) is 0 Å². The van der Waals surface area contributed by atoms with Crippen LogP contribution in [0.2, 0.25) is 0 Å². The molecule has 2 nitrogen and oxygen atoms in total.